The molecule has 130 valence electrons. The van der Waals surface area contributed by atoms with Gasteiger partial charge < -0.3 is 14.8 Å². The van der Waals surface area contributed by atoms with E-state index in [4.69, 9.17) is 9.47 Å². The number of rotatable bonds is 8. The number of hydrogen-bond acceptors (Lipinski definition) is 5. The maximum absolute atomic E-state index is 12.6. The SMILES string of the molecule is CCCOC(C)(CCC)C(=O)Nc1ccc(OC(C)=O)c(C#N)c1. The smallest absolute Gasteiger partial charge is 0.308 e. The van der Waals surface area contributed by atoms with Crippen LogP contribution in [0.25, 0.3) is 0 Å². The van der Waals surface area contributed by atoms with Gasteiger partial charge in [-0.1, -0.05) is 20.3 Å². The summed E-state index contributed by atoms with van der Waals surface area (Å²) in [6, 6.07) is 6.50. The van der Waals surface area contributed by atoms with Gasteiger partial charge in [0, 0.05) is 19.2 Å². The number of nitrogens with zero attached hydrogens (tertiary/aromatic N) is 1. The number of amides is 1. The molecule has 6 heteroatoms. The number of anilines is 1. The Morgan fingerprint density at radius 3 is 2.54 bits per heavy atom. The summed E-state index contributed by atoms with van der Waals surface area (Å²) >= 11 is 0. The van der Waals surface area contributed by atoms with E-state index >= 15 is 0 Å². The molecule has 0 aliphatic carbocycles. The number of nitriles is 1. The van der Waals surface area contributed by atoms with Crippen LogP contribution in [0, 0.1) is 11.3 Å². The molecule has 1 aromatic rings. The van der Waals surface area contributed by atoms with Crippen molar-refractivity contribution in [3.8, 4) is 11.8 Å². The van der Waals surface area contributed by atoms with Crippen molar-refractivity contribution in [3.05, 3.63) is 23.8 Å². The molecule has 0 fully saturated rings. The molecule has 1 unspecified atom stereocenters. The number of benzene rings is 1. The van der Waals surface area contributed by atoms with Gasteiger partial charge in [-0.25, -0.2) is 0 Å². The van der Waals surface area contributed by atoms with Crippen molar-refractivity contribution in [2.75, 3.05) is 11.9 Å². The number of carbonyl (C=O) groups excluding carboxylic acids is 2. The third-order valence-corrected chi connectivity index (χ3v) is 3.44. The van der Waals surface area contributed by atoms with Gasteiger partial charge in [-0.05, 0) is 38.0 Å². The lowest BCUT2D eigenvalue weighted by Gasteiger charge is -2.28. The third-order valence-electron chi connectivity index (χ3n) is 3.44. The standard InChI is InChI=1S/C18H24N2O4/c1-5-9-18(4,23-10-6-2)17(22)20-15-7-8-16(24-13(3)21)14(11-15)12-19/h7-8,11H,5-6,9-10H2,1-4H3,(H,20,22). The van der Waals surface area contributed by atoms with E-state index in [0.29, 0.717) is 18.7 Å². The fourth-order valence-electron chi connectivity index (χ4n) is 2.26. The molecule has 0 aromatic heterocycles. The van der Waals surface area contributed by atoms with Crippen LogP contribution >= 0.6 is 0 Å². The van der Waals surface area contributed by atoms with Crippen LogP contribution in [-0.2, 0) is 14.3 Å². The molecular weight excluding hydrogens is 308 g/mol. The molecule has 0 heterocycles. The first-order valence-corrected chi connectivity index (χ1v) is 8.04. The van der Waals surface area contributed by atoms with Crippen molar-refractivity contribution < 1.29 is 19.1 Å². The number of esters is 1. The van der Waals surface area contributed by atoms with Gasteiger partial charge in [0.05, 0.1) is 5.56 Å². The Morgan fingerprint density at radius 1 is 1.29 bits per heavy atom. The summed E-state index contributed by atoms with van der Waals surface area (Å²) in [5.41, 5.74) is -0.295. The summed E-state index contributed by atoms with van der Waals surface area (Å²) in [7, 11) is 0. The highest BCUT2D eigenvalue weighted by molar-refractivity contribution is 5.97. The van der Waals surface area contributed by atoms with Gasteiger partial charge in [0.15, 0.2) is 0 Å². The Labute approximate surface area is 142 Å². The predicted octanol–water partition coefficient (Wildman–Crippen LogP) is 3.41. The van der Waals surface area contributed by atoms with Crippen LogP contribution in [0.15, 0.2) is 18.2 Å². The zero-order valence-corrected chi connectivity index (χ0v) is 14.6. The van der Waals surface area contributed by atoms with Gasteiger partial charge in [0.25, 0.3) is 5.91 Å². The first-order chi connectivity index (χ1) is 11.4. The first kappa shape index (κ1) is 19.7. The van der Waals surface area contributed by atoms with Crippen molar-refractivity contribution in [1.29, 1.82) is 5.26 Å². The summed E-state index contributed by atoms with van der Waals surface area (Å²) in [5, 5.41) is 11.9. The predicted molar refractivity (Wildman–Crippen MR) is 90.7 cm³/mol. The van der Waals surface area contributed by atoms with Crippen LogP contribution in [0.3, 0.4) is 0 Å². The zero-order chi connectivity index (χ0) is 18.2. The van der Waals surface area contributed by atoms with Gasteiger partial charge in [-0.15, -0.1) is 0 Å². The normalized spacial score (nSPS) is 12.8. The van der Waals surface area contributed by atoms with Crippen LogP contribution in [0.2, 0.25) is 0 Å². The number of hydrogen-bond donors (Lipinski definition) is 1. The molecule has 1 amide bonds. The Kier molecular flexibility index (Phi) is 7.40. The molecule has 0 saturated heterocycles. The topological polar surface area (TPSA) is 88.4 Å². The van der Waals surface area contributed by atoms with Crippen molar-refractivity contribution in [2.24, 2.45) is 0 Å². The number of carbonyl (C=O) groups is 2. The van der Waals surface area contributed by atoms with Crippen LogP contribution in [0.1, 0.15) is 52.5 Å². The fourth-order valence-corrected chi connectivity index (χ4v) is 2.26. The Hall–Kier alpha value is -2.39. The molecule has 24 heavy (non-hydrogen) atoms. The zero-order valence-electron chi connectivity index (χ0n) is 14.6. The molecule has 1 N–H and O–H groups in total. The largest absolute Gasteiger partial charge is 0.425 e. The van der Waals surface area contributed by atoms with Crippen LogP contribution < -0.4 is 10.1 Å². The second kappa shape index (κ2) is 9.04. The van der Waals surface area contributed by atoms with Gasteiger partial charge in [0.2, 0.25) is 0 Å². The van der Waals surface area contributed by atoms with Gasteiger partial charge in [0.1, 0.15) is 17.4 Å². The lowest BCUT2D eigenvalue weighted by atomic mass is 9.98. The maximum atomic E-state index is 12.6. The van der Waals surface area contributed by atoms with Gasteiger partial charge in [-0.3, -0.25) is 9.59 Å². The molecule has 0 saturated carbocycles. The summed E-state index contributed by atoms with van der Waals surface area (Å²) in [6.45, 7) is 7.50. The van der Waals surface area contributed by atoms with Gasteiger partial charge >= 0.3 is 5.97 Å². The lowest BCUT2D eigenvalue weighted by molar-refractivity contribution is -0.140. The minimum absolute atomic E-state index is 0.168. The molecule has 0 radical (unpaired) electrons. The van der Waals surface area contributed by atoms with Crippen molar-refractivity contribution in [2.45, 2.75) is 52.6 Å². The molecule has 1 rings (SSSR count). The molecule has 1 aromatic carbocycles. The monoisotopic (exact) mass is 332 g/mol. The Bertz CT molecular complexity index is 636. The highest BCUT2D eigenvalue weighted by Gasteiger charge is 2.33. The van der Waals surface area contributed by atoms with E-state index in [1.54, 1.807) is 13.0 Å². The summed E-state index contributed by atoms with van der Waals surface area (Å²) in [6.07, 6.45) is 2.22. The lowest BCUT2D eigenvalue weighted by Crippen LogP contribution is -2.43. The molecule has 0 aliphatic heterocycles. The van der Waals surface area contributed by atoms with Gasteiger partial charge in [-0.2, -0.15) is 5.26 Å². The van der Waals surface area contributed by atoms with Crippen LogP contribution in [-0.4, -0.2) is 24.1 Å². The Morgan fingerprint density at radius 2 is 2.00 bits per heavy atom. The second-order valence-electron chi connectivity index (χ2n) is 5.70. The van der Waals surface area contributed by atoms with E-state index < -0.39 is 11.6 Å². The van der Waals surface area contributed by atoms with Crippen molar-refractivity contribution in [3.63, 3.8) is 0 Å². The fraction of sp³-hybridized carbons (Fsp3) is 0.500. The van der Waals surface area contributed by atoms with Crippen molar-refractivity contribution >= 4 is 17.6 Å². The summed E-state index contributed by atoms with van der Waals surface area (Å²) in [5.74, 6) is -0.602. The van der Waals surface area contributed by atoms with E-state index in [-0.39, 0.29) is 17.2 Å². The molecule has 0 aliphatic rings. The van der Waals surface area contributed by atoms with E-state index in [1.165, 1.54) is 19.1 Å². The Balaban J connectivity index is 2.96. The molecular formula is C18H24N2O4. The third kappa shape index (κ3) is 5.36. The highest BCUT2D eigenvalue weighted by Crippen LogP contribution is 2.25. The minimum Gasteiger partial charge on any atom is -0.425 e. The van der Waals surface area contributed by atoms with E-state index in [1.807, 2.05) is 19.9 Å². The number of nitrogens with one attached hydrogen (secondary N) is 1. The van der Waals surface area contributed by atoms with Crippen molar-refractivity contribution in [1.82, 2.24) is 0 Å². The average molecular weight is 332 g/mol. The first-order valence-electron chi connectivity index (χ1n) is 8.04. The quantitative estimate of drug-likeness (QED) is 0.582. The van der Waals surface area contributed by atoms with E-state index in [0.717, 1.165) is 12.8 Å². The second-order valence-corrected chi connectivity index (χ2v) is 5.70. The average Bonchev–Trinajstić information content (AvgIpc) is 2.54. The molecule has 0 spiro atoms. The highest BCUT2D eigenvalue weighted by atomic mass is 16.5. The van der Waals surface area contributed by atoms with E-state index in [9.17, 15) is 14.9 Å². The maximum Gasteiger partial charge on any atom is 0.308 e. The van der Waals surface area contributed by atoms with E-state index in [2.05, 4.69) is 5.32 Å². The van der Waals surface area contributed by atoms with Crippen LogP contribution in [0.4, 0.5) is 5.69 Å². The number of ether oxygens (including phenoxy) is 2. The van der Waals surface area contributed by atoms with Crippen LogP contribution in [0.5, 0.6) is 5.75 Å². The summed E-state index contributed by atoms with van der Waals surface area (Å²) < 4.78 is 10.7. The minimum atomic E-state index is -0.924. The molecule has 1 atom stereocenters. The molecule has 6 nitrogen and oxygen atoms in total. The summed E-state index contributed by atoms with van der Waals surface area (Å²) in [4.78, 5) is 23.6. The molecule has 0 bridgehead atoms.